The topological polar surface area (TPSA) is 92.5 Å². The third kappa shape index (κ3) is 5.50. The van der Waals surface area contributed by atoms with Crippen LogP contribution in [0.15, 0.2) is 34.7 Å². The number of furan rings is 1. The van der Waals surface area contributed by atoms with Gasteiger partial charge in [-0.25, -0.2) is 12.8 Å². The number of hydrogen-bond acceptors (Lipinski definition) is 6. The Kier molecular flexibility index (Phi) is 8.01. The number of amides is 1. The molecule has 1 N–H and O–H groups in total. The van der Waals surface area contributed by atoms with Gasteiger partial charge in [-0.15, -0.1) is 0 Å². The van der Waals surface area contributed by atoms with Crippen LogP contribution < -0.4 is 9.62 Å². The summed E-state index contributed by atoms with van der Waals surface area (Å²) in [5.74, 6) is 1.57. The van der Waals surface area contributed by atoms with Crippen molar-refractivity contribution >= 4 is 44.6 Å². The summed E-state index contributed by atoms with van der Waals surface area (Å²) >= 11 is 1.75. The van der Waals surface area contributed by atoms with Gasteiger partial charge >= 0.3 is 0 Å². The zero-order valence-corrected chi connectivity index (χ0v) is 20.8. The number of carbonyl (C=O) groups excluding carboxylic acids is 1. The monoisotopic (exact) mass is 493 g/mol. The highest BCUT2D eigenvalue weighted by Crippen LogP contribution is 2.36. The van der Waals surface area contributed by atoms with E-state index in [4.69, 9.17) is 4.42 Å². The van der Waals surface area contributed by atoms with E-state index >= 15 is 0 Å². The first-order chi connectivity index (χ1) is 15.7. The molecule has 1 aromatic carbocycles. The fraction of sp³-hybridized carbons (Fsp3) is 0.391. The number of thioether (sulfide) groups is 1. The molecular formula is C23H28FN3O4S2. The summed E-state index contributed by atoms with van der Waals surface area (Å²) < 4.78 is 46.0. The van der Waals surface area contributed by atoms with Gasteiger partial charge in [-0.2, -0.15) is 16.7 Å². The average molecular weight is 494 g/mol. The predicted octanol–water partition coefficient (Wildman–Crippen LogP) is 4.47. The van der Waals surface area contributed by atoms with E-state index in [2.05, 4.69) is 17.2 Å². The highest BCUT2D eigenvalue weighted by molar-refractivity contribution is 7.99. The van der Waals surface area contributed by atoms with Crippen molar-refractivity contribution in [3.05, 3.63) is 47.3 Å². The number of hydrogen-bond donors (Lipinski definition) is 1. The maximum absolute atomic E-state index is 13.4. The fourth-order valence-electron chi connectivity index (χ4n) is 3.57. The van der Waals surface area contributed by atoms with Crippen LogP contribution in [0.2, 0.25) is 0 Å². The molecule has 0 aliphatic heterocycles. The molecule has 0 aliphatic carbocycles. The summed E-state index contributed by atoms with van der Waals surface area (Å²) in [7, 11) is -2.08. The molecule has 1 amide bonds. The predicted molar refractivity (Wildman–Crippen MR) is 132 cm³/mol. The molecule has 0 spiro atoms. The first kappa shape index (κ1) is 25.0. The number of aromatic nitrogens is 1. The summed E-state index contributed by atoms with van der Waals surface area (Å²) in [5, 5.41) is 3.09. The molecule has 3 aromatic rings. The Morgan fingerprint density at radius 1 is 1.24 bits per heavy atom. The third-order valence-electron chi connectivity index (χ3n) is 5.17. The fourth-order valence-corrected chi connectivity index (χ4v) is 5.12. The molecule has 0 unspecified atom stereocenters. The number of benzene rings is 1. The number of aryl methyl sites for hydroxylation is 1. The Morgan fingerprint density at radius 2 is 1.94 bits per heavy atom. The minimum absolute atomic E-state index is 0.150. The third-order valence-corrected chi connectivity index (χ3v) is 7.31. The van der Waals surface area contributed by atoms with Gasteiger partial charge in [-0.05, 0) is 60.2 Å². The van der Waals surface area contributed by atoms with E-state index in [0.29, 0.717) is 41.7 Å². The molecule has 3 rings (SSSR count). The van der Waals surface area contributed by atoms with Crippen LogP contribution in [0, 0.1) is 5.82 Å². The van der Waals surface area contributed by atoms with Crippen molar-refractivity contribution in [3.8, 4) is 11.3 Å². The zero-order valence-electron chi connectivity index (χ0n) is 19.1. The second-order valence-electron chi connectivity index (χ2n) is 7.46. The number of nitrogens with zero attached hydrogens (tertiary/aromatic N) is 2. The number of pyridine rings is 1. The van der Waals surface area contributed by atoms with Crippen molar-refractivity contribution in [2.24, 2.45) is 0 Å². The van der Waals surface area contributed by atoms with Gasteiger partial charge in [0.25, 0.3) is 5.91 Å². The molecular weight excluding hydrogens is 465 g/mol. The van der Waals surface area contributed by atoms with Crippen LogP contribution in [-0.4, -0.2) is 50.7 Å². The first-order valence-corrected chi connectivity index (χ1v) is 13.7. The normalized spacial score (nSPS) is 11.7. The molecule has 0 atom stereocenters. The lowest BCUT2D eigenvalue weighted by atomic mass is 10.0. The summed E-state index contributed by atoms with van der Waals surface area (Å²) in [4.78, 5) is 17.3. The van der Waals surface area contributed by atoms with Crippen LogP contribution in [0.1, 0.15) is 36.2 Å². The van der Waals surface area contributed by atoms with Crippen LogP contribution in [0.4, 0.5) is 10.2 Å². The number of sulfonamides is 1. The lowest BCUT2D eigenvalue weighted by Gasteiger charge is -2.23. The molecule has 0 bridgehead atoms. The van der Waals surface area contributed by atoms with Gasteiger partial charge in [-0.1, -0.05) is 13.8 Å². The van der Waals surface area contributed by atoms with Gasteiger partial charge < -0.3 is 9.73 Å². The van der Waals surface area contributed by atoms with Gasteiger partial charge in [0.2, 0.25) is 15.7 Å². The van der Waals surface area contributed by atoms with Crippen molar-refractivity contribution in [2.75, 3.05) is 35.7 Å². The van der Waals surface area contributed by atoms with Gasteiger partial charge in [-0.3, -0.25) is 9.10 Å². The summed E-state index contributed by atoms with van der Waals surface area (Å²) in [6.07, 6.45) is 2.35. The number of halogens is 1. The summed E-state index contributed by atoms with van der Waals surface area (Å²) in [6, 6.07) is 7.38. The second-order valence-corrected chi connectivity index (χ2v) is 10.8. The SMILES string of the molecule is CCSCCCN(c1nc2oc(-c3ccc(F)cc3)c(C(=O)NC)c2cc1CC)S(C)(=O)=O. The molecule has 0 aliphatic rings. The molecule has 7 nitrogen and oxygen atoms in total. The maximum atomic E-state index is 13.4. The van der Waals surface area contributed by atoms with Crippen molar-refractivity contribution in [1.29, 1.82) is 0 Å². The second kappa shape index (κ2) is 10.6. The molecule has 2 heterocycles. The van der Waals surface area contributed by atoms with Crippen LogP contribution in [0.25, 0.3) is 22.4 Å². The summed E-state index contributed by atoms with van der Waals surface area (Å²) in [5.41, 5.74) is 1.63. The molecule has 0 saturated heterocycles. The number of anilines is 1. The Morgan fingerprint density at radius 3 is 2.52 bits per heavy atom. The van der Waals surface area contributed by atoms with E-state index in [1.807, 2.05) is 6.92 Å². The summed E-state index contributed by atoms with van der Waals surface area (Å²) in [6.45, 7) is 4.26. The number of fused-ring (bicyclic) bond motifs is 1. The van der Waals surface area contributed by atoms with Gasteiger partial charge in [0.15, 0.2) is 0 Å². The Balaban J connectivity index is 2.20. The molecule has 0 saturated carbocycles. The van der Waals surface area contributed by atoms with E-state index in [9.17, 15) is 17.6 Å². The van der Waals surface area contributed by atoms with Crippen molar-refractivity contribution in [3.63, 3.8) is 0 Å². The quantitative estimate of drug-likeness (QED) is 0.419. The van der Waals surface area contributed by atoms with E-state index in [1.165, 1.54) is 35.6 Å². The lowest BCUT2D eigenvalue weighted by Crippen LogP contribution is -2.33. The standard InChI is InChI=1S/C23H28FN3O4S2/c1-5-15-14-18-19(22(28)25-3)20(16-8-10-17(24)11-9-16)31-23(18)26-21(15)27(33(4,29)30)12-7-13-32-6-2/h8-11,14H,5-7,12-13H2,1-4H3,(H,25,28). The number of nitrogens with one attached hydrogen (secondary N) is 1. The first-order valence-electron chi connectivity index (χ1n) is 10.7. The molecule has 178 valence electrons. The Bertz CT molecular complexity index is 1240. The zero-order chi connectivity index (χ0) is 24.2. The van der Waals surface area contributed by atoms with Crippen molar-refractivity contribution in [1.82, 2.24) is 10.3 Å². The van der Waals surface area contributed by atoms with Gasteiger partial charge in [0.05, 0.1) is 17.2 Å². The van der Waals surface area contributed by atoms with E-state index < -0.39 is 15.8 Å². The number of rotatable bonds is 10. The van der Waals surface area contributed by atoms with Crippen LogP contribution >= 0.6 is 11.8 Å². The minimum atomic E-state index is -3.59. The largest absolute Gasteiger partial charge is 0.437 e. The van der Waals surface area contributed by atoms with E-state index in [0.717, 1.165) is 17.8 Å². The Labute approximate surface area is 197 Å². The maximum Gasteiger partial charge on any atom is 0.255 e. The van der Waals surface area contributed by atoms with E-state index in [1.54, 1.807) is 17.8 Å². The molecule has 10 heteroatoms. The minimum Gasteiger partial charge on any atom is -0.437 e. The van der Waals surface area contributed by atoms with Gasteiger partial charge in [0.1, 0.15) is 17.4 Å². The van der Waals surface area contributed by atoms with Crippen LogP contribution in [0.3, 0.4) is 0 Å². The lowest BCUT2D eigenvalue weighted by molar-refractivity contribution is 0.0964. The van der Waals surface area contributed by atoms with Crippen molar-refractivity contribution in [2.45, 2.75) is 26.7 Å². The number of carbonyl (C=O) groups is 1. The average Bonchev–Trinajstić information content (AvgIpc) is 3.15. The van der Waals surface area contributed by atoms with Crippen LogP contribution in [0.5, 0.6) is 0 Å². The van der Waals surface area contributed by atoms with E-state index in [-0.39, 0.29) is 22.9 Å². The van der Waals surface area contributed by atoms with Crippen molar-refractivity contribution < 1.29 is 22.0 Å². The van der Waals surface area contributed by atoms with Crippen LogP contribution in [-0.2, 0) is 16.4 Å². The molecule has 33 heavy (non-hydrogen) atoms. The molecule has 0 fully saturated rings. The molecule has 2 aromatic heterocycles. The van der Waals surface area contributed by atoms with Gasteiger partial charge in [0, 0.05) is 19.2 Å². The molecule has 0 radical (unpaired) electrons. The highest BCUT2D eigenvalue weighted by atomic mass is 32.2. The smallest absolute Gasteiger partial charge is 0.255 e. The Hall–Kier alpha value is -2.59. The highest BCUT2D eigenvalue weighted by Gasteiger charge is 2.27.